The normalized spacial score (nSPS) is 17.2. The summed E-state index contributed by atoms with van der Waals surface area (Å²) in [7, 11) is 0. The van der Waals surface area contributed by atoms with Gasteiger partial charge >= 0.3 is 0 Å². The summed E-state index contributed by atoms with van der Waals surface area (Å²) in [5.74, 6) is 1.48. The molecule has 146 valence electrons. The Kier molecular flexibility index (Phi) is 5.48. The van der Waals surface area contributed by atoms with Gasteiger partial charge in [0.25, 0.3) is 0 Å². The second-order valence-electron chi connectivity index (χ2n) is 7.30. The van der Waals surface area contributed by atoms with Gasteiger partial charge in [-0.15, -0.1) is 0 Å². The first-order valence-corrected chi connectivity index (χ1v) is 9.95. The first-order valence-electron chi connectivity index (χ1n) is 9.57. The van der Waals surface area contributed by atoms with Crippen LogP contribution in [0.3, 0.4) is 0 Å². The van der Waals surface area contributed by atoms with Crippen molar-refractivity contribution in [3.05, 3.63) is 47.6 Å². The zero-order valence-electron chi connectivity index (χ0n) is 15.4. The highest BCUT2D eigenvalue weighted by atomic mass is 35.5. The van der Waals surface area contributed by atoms with Crippen molar-refractivity contribution in [2.24, 2.45) is 11.8 Å². The second-order valence-corrected chi connectivity index (χ2v) is 7.74. The maximum absolute atomic E-state index is 12.5. The highest BCUT2D eigenvalue weighted by molar-refractivity contribution is 6.30. The molecule has 1 saturated heterocycles. The quantitative estimate of drug-likeness (QED) is 0.821. The number of anilines is 1. The Hall–Kier alpha value is -2.60. The number of rotatable bonds is 5. The minimum Gasteiger partial charge on any atom is -0.439 e. The molecule has 2 amide bonds. The van der Waals surface area contributed by atoms with Crippen LogP contribution in [0.4, 0.5) is 5.69 Å². The molecule has 2 aliphatic rings. The van der Waals surface area contributed by atoms with Gasteiger partial charge in [-0.1, -0.05) is 11.6 Å². The smallest absolute Gasteiger partial charge is 0.227 e. The Balaban J connectivity index is 1.27. The molecule has 0 bridgehead atoms. The van der Waals surface area contributed by atoms with E-state index in [1.165, 1.54) is 0 Å². The number of hydrogen-bond donors (Lipinski definition) is 1. The van der Waals surface area contributed by atoms with Crippen molar-refractivity contribution in [1.29, 1.82) is 0 Å². The third-order valence-electron chi connectivity index (χ3n) is 5.14. The SMILES string of the molecule is O=C(Nc1ccc(Oc2ccc(Cl)cc2)nc1)C1CCN(C(=O)C2CC2)CC1. The Morgan fingerprint density at radius 2 is 1.71 bits per heavy atom. The van der Waals surface area contributed by atoms with E-state index in [0.29, 0.717) is 48.3 Å². The number of aromatic nitrogens is 1. The number of benzene rings is 1. The lowest BCUT2D eigenvalue weighted by Crippen LogP contribution is -2.42. The van der Waals surface area contributed by atoms with Gasteiger partial charge in [0.15, 0.2) is 0 Å². The molecule has 6 nitrogen and oxygen atoms in total. The summed E-state index contributed by atoms with van der Waals surface area (Å²) in [6.45, 7) is 1.33. The topological polar surface area (TPSA) is 71.5 Å². The largest absolute Gasteiger partial charge is 0.439 e. The van der Waals surface area contributed by atoms with Gasteiger partial charge in [-0.2, -0.15) is 0 Å². The second kappa shape index (κ2) is 8.19. The fourth-order valence-electron chi connectivity index (χ4n) is 3.33. The number of carbonyl (C=O) groups is 2. The molecule has 0 unspecified atom stereocenters. The molecular formula is C21H22ClN3O3. The van der Waals surface area contributed by atoms with Gasteiger partial charge in [-0.05, 0) is 56.0 Å². The number of carbonyl (C=O) groups excluding carboxylic acids is 2. The first-order chi connectivity index (χ1) is 13.6. The van der Waals surface area contributed by atoms with Crippen LogP contribution in [-0.2, 0) is 9.59 Å². The van der Waals surface area contributed by atoms with E-state index in [2.05, 4.69) is 10.3 Å². The summed E-state index contributed by atoms with van der Waals surface area (Å²) in [5.41, 5.74) is 0.630. The monoisotopic (exact) mass is 399 g/mol. The van der Waals surface area contributed by atoms with Gasteiger partial charge in [-0.25, -0.2) is 4.98 Å². The Morgan fingerprint density at radius 3 is 2.32 bits per heavy atom. The molecule has 0 atom stereocenters. The van der Waals surface area contributed by atoms with Gasteiger partial charge in [0.1, 0.15) is 5.75 Å². The number of amides is 2. The summed E-state index contributed by atoms with van der Waals surface area (Å²) in [6, 6.07) is 10.5. The van der Waals surface area contributed by atoms with E-state index in [1.807, 2.05) is 4.90 Å². The van der Waals surface area contributed by atoms with Crippen LogP contribution in [0.25, 0.3) is 0 Å². The number of halogens is 1. The van der Waals surface area contributed by atoms with E-state index in [1.54, 1.807) is 42.6 Å². The van der Waals surface area contributed by atoms with E-state index in [0.717, 1.165) is 12.8 Å². The average Bonchev–Trinajstić information content (AvgIpc) is 3.56. The maximum atomic E-state index is 12.5. The first kappa shape index (κ1) is 18.7. The third-order valence-corrected chi connectivity index (χ3v) is 5.40. The lowest BCUT2D eigenvalue weighted by molar-refractivity contribution is -0.135. The minimum absolute atomic E-state index is 0.0216. The van der Waals surface area contributed by atoms with E-state index in [9.17, 15) is 9.59 Å². The van der Waals surface area contributed by atoms with Crippen LogP contribution >= 0.6 is 11.6 Å². The van der Waals surface area contributed by atoms with Crippen LogP contribution in [0.15, 0.2) is 42.6 Å². The number of hydrogen-bond acceptors (Lipinski definition) is 4. The van der Waals surface area contributed by atoms with E-state index < -0.39 is 0 Å². The lowest BCUT2D eigenvalue weighted by Gasteiger charge is -2.31. The Labute approximate surface area is 168 Å². The highest BCUT2D eigenvalue weighted by Gasteiger charge is 2.35. The molecule has 1 aliphatic heterocycles. The number of nitrogens with one attached hydrogen (secondary N) is 1. The van der Waals surface area contributed by atoms with Crippen molar-refractivity contribution in [1.82, 2.24) is 9.88 Å². The highest BCUT2D eigenvalue weighted by Crippen LogP contribution is 2.32. The molecule has 2 aromatic rings. The minimum atomic E-state index is -0.0757. The molecule has 1 aromatic heterocycles. The van der Waals surface area contributed by atoms with Gasteiger partial charge in [0.05, 0.1) is 11.9 Å². The summed E-state index contributed by atoms with van der Waals surface area (Å²) in [4.78, 5) is 30.8. The van der Waals surface area contributed by atoms with Crippen LogP contribution in [0.2, 0.25) is 5.02 Å². The predicted molar refractivity (Wildman–Crippen MR) is 106 cm³/mol. The van der Waals surface area contributed by atoms with Gasteiger partial charge < -0.3 is 15.0 Å². The van der Waals surface area contributed by atoms with Crippen LogP contribution in [0.1, 0.15) is 25.7 Å². The number of piperidine rings is 1. The van der Waals surface area contributed by atoms with Crippen molar-refractivity contribution >= 4 is 29.1 Å². The number of likely N-dealkylation sites (tertiary alicyclic amines) is 1. The van der Waals surface area contributed by atoms with Gasteiger partial charge in [-0.3, -0.25) is 9.59 Å². The average molecular weight is 400 g/mol. The van der Waals surface area contributed by atoms with Crippen molar-refractivity contribution in [3.63, 3.8) is 0 Å². The van der Waals surface area contributed by atoms with Crippen LogP contribution in [0.5, 0.6) is 11.6 Å². The number of nitrogens with zero attached hydrogens (tertiary/aromatic N) is 2. The maximum Gasteiger partial charge on any atom is 0.227 e. The molecule has 2 fully saturated rings. The van der Waals surface area contributed by atoms with Crippen LogP contribution in [0, 0.1) is 11.8 Å². The molecule has 1 aromatic carbocycles. The molecule has 1 N–H and O–H groups in total. The molecule has 4 rings (SSSR count). The fourth-order valence-corrected chi connectivity index (χ4v) is 3.46. The fraction of sp³-hybridized carbons (Fsp3) is 0.381. The zero-order chi connectivity index (χ0) is 19.5. The van der Waals surface area contributed by atoms with E-state index in [-0.39, 0.29) is 23.7 Å². The lowest BCUT2D eigenvalue weighted by atomic mass is 9.95. The Bertz CT molecular complexity index is 842. The van der Waals surface area contributed by atoms with Crippen molar-refractivity contribution in [3.8, 4) is 11.6 Å². The molecule has 7 heteroatoms. The Morgan fingerprint density at radius 1 is 1.00 bits per heavy atom. The van der Waals surface area contributed by atoms with Gasteiger partial charge in [0, 0.05) is 36.0 Å². The molecular weight excluding hydrogens is 378 g/mol. The molecule has 1 aliphatic carbocycles. The predicted octanol–water partition coefficient (Wildman–Crippen LogP) is 4.11. The third kappa shape index (κ3) is 4.62. The summed E-state index contributed by atoms with van der Waals surface area (Å²) in [5, 5.41) is 3.55. The van der Waals surface area contributed by atoms with Gasteiger partial charge in [0.2, 0.25) is 17.7 Å². The number of pyridine rings is 1. The molecule has 2 heterocycles. The van der Waals surface area contributed by atoms with Crippen LogP contribution < -0.4 is 10.1 Å². The standard InChI is InChI=1S/C21H22ClN3O3/c22-16-3-6-18(7-4-16)28-19-8-5-17(13-23-19)24-20(26)14-9-11-25(12-10-14)21(27)15-1-2-15/h3-8,13-15H,1-2,9-12H2,(H,24,26). The molecule has 0 spiro atoms. The number of ether oxygens (including phenoxy) is 1. The van der Waals surface area contributed by atoms with Crippen molar-refractivity contribution in [2.45, 2.75) is 25.7 Å². The van der Waals surface area contributed by atoms with E-state index >= 15 is 0 Å². The molecule has 0 radical (unpaired) electrons. The molecule has 1 saturated carbocycles. The summed E-state index contributed by atoms with van der Waals surface area (Å²) < 4.78 is 5.65. The summed E-state index contributed by atoms with van der Waals surface area (Å²) >= 11 is 5.86. The zero-order valence-corrected chi connectivity index (χ0v) is 16.2. The summed E-state index contributed by atoms with van der Waals surface area (Å²) in [6.07, 6.45) is 5.02. The van der Waals surface area contributed by atoms with Crippen molar-refractivity contribution in [2.75, 3.05) is 18.4 Å². The molecule has 28 heavy (non-hydrogen) atoms. The van der Waals surface area contributed by atoms with Crippen LogP contribution in [-0.4, -0.2) is 34.8 Å². The van der Waals surface area contributed by atoms with E-state index in [4.69, 9.17) is 16.3 Å². The van der Waals surface area contributed by atoms with Crippen molar-refractivity contribution < 1.29 is 14.3 Å².